The normalized spacial score (nSPS) is 13.7. The molecule has 0 saturated carbocycles. The van der Waals surface area contributed by atoms with Crippen molar-refractivity contribution in [1.82, 2.24) is 0 Å². The van der Waals surface area contributed by atoms with Gasteiger partial charge in [0.2, 0.25) is 0 Å². The summed E-state index contributed by atoms with van der Waals surface area (Å²) in [7, 11) is 0. The summed E-state index contributed by atoms with van der Waals surface area (Å²) in [6, 6.07) is 1.03. The molecule has 104 valence electrons. The van der Waals surface area contributed by atoms with Crippen molar-refractivity contribution in [2.24, 2.45) is 0 Å². The predicted octanol–water partition coefficient (Wildman–Crippen LogP) is 3.46. The highest BCUT2D eigenvalue weighted by atomic mass is 19.4. The van der Waals surface area contributed by atoms with Gasteiger partial charge in [-0.15, -0.1) is 0 Å². The van der Waals surface area contributed by atoms with Crippen molar-refractivity contribution in [1.29, 1.82) is 0 Å². The van der Waals surface area contributed by atoms with Crippen molar-refractivity contribution in [3.63, 3.8) is 0 Å². The molecule has 1 N–H and O–H groups in total. The van der Waals surface area contributed by atoms with Crippen LogP contribution in [0.4, 0.5) is 26.3 Å². The van der Waals surface area contributed by atoms with E-state index in [-0.39, 0.29) is 6.07 Å². The van der Waals surface area contributed by atoms with Gasteiger partial charge in [0.15, 0.2) is 0 Å². The standard InChI is InChI=1S/C12H8F6O/c1-7(19)2-3-8-4-9(11(13,14)15)6-10(5-8)12(16,17)18/h4-7,19H,1H3. The van der Waals surface area contributed by atoms with Crippen LogP contribution in [0, 0.1) is 11.8 Å². The zero-order chi connectivity index (χ0) is 14.8. The van der Waals surface area contributed by atoms with Crippen molar-refractivity contribution in [2.75, 3.05) is 0 Å². The molecule has 0 heterocycles. The molecular weight excluding hydrogens is 274 g/mol. The van der Waals surface area contributed by atoms with Gasteiger partial charge < -0.3 is 5.11 Å². The van der Waals surface area contributed by atoms with Crippen LogP contribution in [0.25, 0.3) is 0 Å². The lowest BCUT2D eigenvalue weighted by Crippen LogP contribution is -2.11. The number of aliphatic hydroxyl groups is 1. The van der Waals surface area contributed by atoms with Crippen LogP contribution < -0.4 is 0 Å². The van der Waals surface area contributed by atoms with Crippen LogP contribution in [-0.4, -0.2) is 11.2 Å². The first kappa shape index (κ1) is 15.4. The topological polar surface area (TPSA) is 20.2 Å². The van der Waals surface area contributed by atoms with Crippen molar-refractivity contribution < 1.29 is 31.4 Å². The first-order valence-electron chi connectivity index (χ1n) is 4.99. The quantitative estimate of drug-likeness (QED) is 0.570. The fourth-order valence-corrected chi connectivity index (χ4v) is 1.21. The average Bonchev–Trinajstić information content (AvgIpc) is 2.23. The van der Waals surface area contributed by atoms with Crippen LogP contribution in [0.2, 0.25) is 0 Å². The van der Waals surface area contributed by atoms with Crippen molar-refractivity contribution in [2.45, 2.75) is 25.4 Å². The number of alkyl halides is 6. The third-order valence-electron chi connectivity index (χ3n) is 2.01. The Morgan fingerprint density at radius 1 is 0.947 bits per heavy atom. The Morgan fingerprint density at radius 3 is 1.68 bits per heavy atom. The average molecular weight is 282 g/mol. The van der Waals surface area contributed by atoms with E-state index in [1.165, 1.54) is 6.92 Å². The highest BCUT2D eigenvalue weighted by Crippen LogP contribution is 2.36. The summed E-state index contributed by atoms with van der Waals surface area (Å²) < 4.78 is 74.8. The summed E-state index contributed by atoms with van der Waals surface area (Å²) in [4.78, 5) is 0. The molecule has 0 aliphatic carbocycles. The Balaban J connectivity index is 3.39. The highest BCUT2D eigenvalue weighted by Gasteiger charge is 2.36. The zero-order valence-electron chi connectivity index (χ0n) is 9.52. The minimum absolute atomic E-state index is 0.0214. The van der Waals surface area contributed by atoms with Gasteiger partial charge in [0.05, 0.1) is 11.1 Å². The number of hydrogen-bond donors (Lipinski definition) is 1. The Bertz CT molecular complexity index is 483. The van der Waals surface area contributed by atoms with Crippen molar-refractivity contribution in [3.05, 3.63) is 34.9 Å². The number of hydrogen-bond acceptors (Lipinski definition) is 1. The predicted molar refractivity (Wildman–Crippen MR) is 55.0 cm³/mol. The second-order valence-corrected chi connectivity index (χ2v) is 3.74. The molecule has 1 unspecified atom stereocenters. The maximum Gasteiger partial charge on any atom is 0.416 e. The molecule has 0 aromatic heterocycles. The lowest BCUT2D eigenvalue weighted by molar-refractivity contribution is -0.143. The van der Waals surface area contributed by atoms with Gasteiger partial charge in [-0.05, 0) is 25.1 Å². The molecule has 19 heavy (non-hydrogen) atoms. The van der Waals surface area contributed by atoms with Crippen LogP contribution in [0.3, 0.4) is 0 Å². The third-order valence-corrected chi connectivity index (χ3v) is 2.01. The lowest BCUT2D eigenvalue weighted by Gasteiger charge is -2.12. The van der Waals surface area contributed by atoms with E-state index in [4.69, 9.17) is 5.11 Å². The molecule has 1 atom stereocenters. The first-order valence-corrected chi connectivity index (χ1v) is 4.99. The first-order chi connectivity index (χ1) is 8.50. The fraction of sp³-hybridized carbons (Fsp3) is 0.333. The number of aliphatic hydroxyl groups excluding tert-OH is 1. The number of halogens is 6. The minimum Gasteiger partial charge on any atom is -0.381 e. The third kappa shape index (κ3) is 4.48. The summed E-state index contributed by atoms with van der Waals surface area (Å²) in [5.41, 5.74) is -3.32. The second kappa shape index (κ2) is 5.13. The van der Waals surface area contributed by atoms with Crippen LogP contribution in [0.1, 0.15) is 23.6 Å². The molecule has 1 aromatic carbocycles. The van der Waals surface area contributed by atoms with E-state index < -0.39 is 35.1 Å². The van der Waals surface area contributed by atoms with E-state index in [1.807, 2.05) is 0 Å². The molecule has 0 bridgehead atoms. The minimum atomic E-state index is -4.90. The maximum atomic E-state index is 12.5. The molecule has 0 radical (unpaired) electrons. The number of benzene rings is 1. The lowest BCUT2D eigenvalue weighted by atomic mass is 10.0. The van der Waals surface area contributed by atoms with Gasteiger partial charge in [0.25, 0.3) is 0 Å². The van der Waals surface area contributed by atoms with Crippen LogP contribution in [0.5, 0.6) is 0 Å². The summed E-state index contributed by atoms with van der Waals surface area (Å²) >= 11 is 0. The molecule has 0 aliphatic rings. The van der Waals surface area contributed by atoms with Gasteiger partial charge >= 0.3 is 12.4 Å². The zero-order valence-corrected chi connectivity index (χ0v) is 9.52. The Morgan fingerprint density at radius 2 is 1.37 bits per heavy atom. The Kier molecular flexibility index (Phi) is 4.15. The molecule has 1 nitrogen and oxygen atoms in total. The molecule has 1 rings (SSSR count). The van der Waals surface area contributed by atoms with Gasteiger partial charge in [-0.3, -0.25) is 0 Å². The summed E-state index contributed by atoms with van der Waals surface area (Å²) in [5.74, 6) is 4.16. The Hall–Kier alpha value is -1.68. The van der Waals surface area contributed by atoms with E-state index in [2.05, 4.69) is 11.8 Å². The molecule has 7 heteroatoms. The van der Waals surface area contributed by atoms with E-state index in [0.717, 1.165) is 0 Å². The van der Waals surface area contributed by atoms with Crippen molar-refractivity contribution >= 4 is 0 Å². The smallest absolute Gasteiger partial charge is 0.381 e. The summed E-state index contributed by atoms with van der Waals surface area (Å²) in [5, 5.41) is 8.85. The molecule has 0 spiro atoms. The molecule has 0 saturated heterocycles. The maximum absolute atomic E-state index is 12.5. The van der Waals surface area contributed by atoms with E-state index in [9.17, 15) is 26.3 Å². The summed E-state index contributed by atoms with van der Waals surface area (Å²) in [6.45, 7) is 1.24. The molecule has 0 aliphatic heterocycles. The van der Waals surface area contributed by atoms with E-state index in [0.29, 0.717) is 12.1 Å². The fourth-order valence-electron chi connectivity index (χ4n) is 1.21. The van der Waals surface area contributed by atoms with E-state index >= 15 is 0 Å². The van der Waals surface area contributed by atoms with E-state index in [1.54, 1.807) is 0 Å². The molecule has 1 aromatic rings. The van der Waals surface area contributed by atoms with Crippen molar-refractivity contribution in [3.8, 4) is 11.8 Å². The molecule has 0 fully saturated rings. The molecule has 0 amide bonds. The summed E-state index contributed by atoms with van der Waals surface area (Å²) in [6.07, 6.45) is -10.9. The monoisotopic (exact) mass is 282 g/mol. The van der Waals surface area contributed by atoms with Crippen LogP contribution in [-0.2, 0) is 12.4 Å². The highest BCUT2D eigenvalue weighted by molar-refractivity contribution is 5.42. The second-order valence-electron chi connectivity index (χ2n) is 3.74. The van der Waals surface area contributed by atoms with Gasteiger partial charge in [-0.1, -0.05) is 11.8 Å². The number of rotatable bonds is 0. The van der Waals surface area contributed by atoms with Gasteiger partial charge in [0.1, 0.15) is 6.10 Å². The largest absolute Gasteiger partial charge is 0.416 e. The van der Waals surface area contributed by atoms with Gasteiger partial charge in [-0.2, -0.15) is 26.3 Å². The molecular formula is C12H8F6O. The Labute approximate surface area is 104 Å². The van der Waals surface area contributed by atoms with Gasteiger partial charge in [-0.25, -0.2) is 0 Å². The van der Waals surface area contributed by atoms with Gasteiger partial charge in [0, 0.05) is 5.56 Å². The van der Waals surface area contributed by atoms with Crippen LogP contribution in [0.15, 0.2) is 18.2 Å². The SMILES string of the molecule is CC(O)C#Cc1cc(C(F)(F)F)cc(C(F)(F)F)c1. The van der Waals surface area contributed by atoms with Crippen LogP contribution >= 0.6 is 0 Å².